The number of hydrogen-bond donors (Lipinski definition) is 1. The number of amides is 1. The van der Waals surface area contributed by atoms with Crippen LogP contribution in [0.4, 0.5) is 5.69 Å². The highest BCUT2D eigenvalue weighted by atomic mass is 35.5. The number of carbonyl (C=O) groups excluding carboxylic acids is 1. The maximum absolute atomic E-state index is 13.7. The lowest BCUT2D eigenvalue weighted by Gasteiger charge is -2.36. The first-order chi connectivity index (χ1) is 15.9. The fraction of sp³-hybridized carbons (Fsp3) is 0.458. The highest BCUT2D eigenvalue weighted by Crippen LogP contribution is 2.41. The predicted molar refractivity (Wildman–Crippen MR) is 127 cm³/mol. The number of ether oxygens (including phenoxy) is 2. The number of morpholine rings is 1. The van der Waals surface area contributed by atoms with Gasteiger partial charge < -0.3 is 14.8 Å². The van der Waals surface area contributed by atoms with Gasteiger partial charge in [0.2, 0.25) is 15.9 Å². The largest absolute Gasteiger partial charge is 0.495 e. The Hall–Kier alpha value is -2.13. The molecule has 2 aromatic carbocycles. The van der Waals surface area contributed by atoms with Gasteiger partial charge in [-0.3, -0.25) is 4.79 Å². The lowest BCUT2D eigenvalue weighted by molar-refractivity contribution is -0.122. The van der Waals surface area contributed by atoms with Crippen molar-refractivity contribution < 1.29 is 22.7 Å². The molecule has 33 heavy (non-hydrogen) atoms. The maximum atomic E-state index is 13.7. The van der Waals surface area contributed by atoms with Gasteiger partial charge in [0.1, 0.15) is 10.6 Å². The van der Waals surface area contributed by atoms with Crippen LogP contribution in [0.5, 0.6) is 5.75 Å². The van der Waals surface area contributed by atoms with E-state index in [1.54, 1.807) is 18.2 Å². The van der Waals surface area contributed by atoms with Gasteiger partial charge in [-0.2, -0.15) is 4.31 Å². The van der Waals surface area contributed by atoms with Gasteiger partial charge in [0.15, 0.2) is 0 Å². The molecule has 2 aliphatic rings. The van der Waals surface area contributed by atoms with E-state index in [2.05, 4.69) is 5.32 Å². The third-order valence-electron chi connectivity index (χ3n) is 6.53. The highest BCUT2D eigenvalue weighted by Gasteiger charge is 2.41. The van der Waals surface area contributed by atoms with Crippen molar-refractivity contribution >= 4 is 33.2 Å². The monoisotopic (exact) mass is 492 g/mol. The fourth-order valence-electron chi connectivity index (χ4n) is 4.72. The summed E-state index contributed by atoms with van der Waals surface area (Å²) in [6, 6.07) is 12.2. The Morgan fingerprint density at radius 1 is 1.09 bits per heavy atom. The number of sulfonamides is 1. The van der Waals surface area contributed by atoms with Gasteiger partial charge in [-0.05, 0) is 48.7 Å². The van der Waals surface area contributed by atoms with Crippen LogP contribution in [-0.2, 0) is 25.0 Å². The molecule has 2 aromatic rings. The number of methoxy groups -OCH3 is 1. The van der Waals surface area contributed by atoms with Gasteiger partial charge in [-0.1, -0.05) is 43.0 Å². The lowest BCUT2D eigenvalue weighted by atomic mass is 9.68. The summed E-state index contributed by atoms with van der Waals surface area (Å²) >= 11 is 6.24. The van der Waals surface area contributed by atoms with Crippen molar-refractivity contribution in [3.63, 3.8) is 0 Å². The smallest absolute Gasteiger partial charge is 0.246 e. The second-order valence-corrected chi connectivity index (χ2v) is 10.8. The predicted octanol–water partition coefficient (Wildman–Crippen LogP) is 4.21. The van der Waals surface area contributed by atoms with Crippen LogP contribution >= 0.6 is 11.6 Å². The maximum Gasteiger partial charge on any atom is 0.246 e. The summed E-state index contributed by atoms with van der Waals surface area (Å²) in [5.41, 5.74) is 0.605. The van der Waals surface area contributed by atoms with Gasteiger partial charge in [0.05, 0.1) is 25.7 Å². The second kappa shape index (κ2) is 10.0. The van der Waals surface area contributed by atoms with Crippen LogP contribution in [0.1, 0.15) is 37.7 Å². The molecule has 7 nitrogen and oxygen atoms in total. The normalized spacial score (nSPS) is 19.1. The van der Waals surface area contributed by atoms with Crippen LogP contribution in [-0.4, -0.2) is 52.0 Å². The van der Waals surface area contributed by atoms with E-state index >= 15 is 0 Å². The summed E-state index contributed by atoms with van der Waals surface area (Å²) < 4.78 is 38.6. The van der Waals surface area contributed by atoms with E-state index in [0.717, 1.165) is 24.8 Å². The molecule has 2 fully saturated rings. The molecule has 1 aliphatic heterocycles. The Labute approximate surface area is 200 Å². The summed E-state index contributed by atoms with van der Waals surface area (Å²) in [6.07, 6.45) is 4.40. The average molecular weight is 493 g/mol. The van der Waals surface area contributed by atoms with E-state index < -0.39 is 15.4 Å². The average Bonchev–Trinajstić information content (AvgIpc) is 2.85. The van der Waals surface area contributed by atoms with Crippen LogP contribution in [0.2, 0.25) is 5.02 Å². The number of anilines is 1. The first-order valence-electron chi connectivity index (χ1n) is 11.2. The molecule has 1 saturated carbocycles. The minimum absolute atomic E-state index is 0.0325. The van der Waals surface area contributed by atoms with Crippen molar-refractivity contribution in [2.24, 2.45) is 0 Å². The van der Waals surface area contributed by atoms with E-state index in [-0.39, 0.29) is 29.6 Å². The summed E-state index contributed by atoms with van der Waals surface area (Å²) in [6.45, 7) is 1.25. The topological polar surface area (TPSA) is 84.9 Å². The minimum atomic E-state index is -3.80. The van der Waals surface area contributed by atoms with Crippen molar-refractivity contribution in [1.29, 1.82) is 0 Å². The van der Waals surface area contributed by atoms with Crippen LogP contribution < -0.4 is 10.1 Å². The lowest BCUT2D eigenvalue weighted by Crippen LogP contribution is -2.42. The molecule has 1 N–H and O–H groups in total. The van der Waals surface area contributed by atoms with Crippen molar-refractivity contribution in [3.05, 3.63) is 53.1 Å². The number of nitrogens with zero attached hydrogens (tertiary/aromatic N) is 1. The summed E-state index contributed by atoms with van der Waals surface area (Å²) in [4.78, 5) is 13.7. The third kappa shape index (κ3) is 4.89. The quantitative estimate of drug-likeness (QED) is 0.653. The first-order valence-corrected chi connectivity index (χ1v) is 13.0. The Morgan fingerprint density at radius 3 is 2.48 bits per heavy atom. The molecular formula is C24H29ClN2O5S. The van der Waals surface area contributed by atoms with E-state index in [1.807, 2.05) is 18.2 Å². The zero-order valence-electron chi connectivity index (χ0n) is 18.7. The van der Waals surface area contributed by atoms with Crippen LogP contribution in [0.3, 0.4) is 0 Å². The third-order valence-corrected chi connectivity index (χ3v) is 8.68. The van der Waals surface area contributed by atoms with Crippen molar-refractivity contribution in [1.82, 2.24) is 4.31 Å². The number of benzene rings is 2. The van der Waals surface area contributed by atoms with E-state index in [4.69, 9.17) is 21.1 Å². The fourth-order valence-corrected chi connectivity index (χ4v) is 6.50. The Kier molecular flexibility index (Phi) is 7.28. The second-order valence-electron chi connectivity index (χ2n) is 8.49. The minimum Gasteiger partial charge on any atom is -0.495 e. The molecule has 0 bridgehead atoms. The highest BCUT2D eigenvalue weighted by molar-refractivity contribution is 7.89. The molecule has 1 amide bonds. The zero-order valence-corrected chi connectivity index (χ0v) is 20.3. The van der Waals surface area contributed by atoms with E-state index in [1.165, 1.54) is 17.5 Å². The number of rotatable bonds is 6. The Balaban J connectivity index is 1.66. The molecule has 9 heteroatoms. The molecule has 178 valence electrons. The standard InChI is InChI=1S/C24H29ClN2O5S/c1-31-21-9-8-20(17-22(21)33(29,30)27-12-14-32-15-13-27)26-23(28)24(10-3-2-4-11-24)18-6-5-7-19(25)16-18/h5-9,16-17H,2-4,10-15H2,1H3,(H,26,28). The summed E-state index contributed by atoms with van der Waals surface area (Å²) in [7, 11) is -2.37. The Morgan fingerprint density at radius 2 is 1.82 bits per heavy atom. The van der Waals surface area contributed by atoms with Gasteiger partial charge in [0, 0.05) is 23.8 Å². The molecule has 1 heterocycles. The van der Waals surface area contributed by atoms with Gasteiger partial charge in [-0.15, -0.1) is 0 Å². The van der Waals surface area contributed by atoms with Crippen molar-refractivity contribution in [2.45, 2.75) is 42.4 Å². The number of hydrogen-bond acceptors (Lipinski definition) is 5. The van der Waals surface area contributed by atoms with Gasteiger partial charge in [-0.25, -0.2) is 8.42 Å². The molecular weight excluding hydrogens is 464 g/mol. The zero-order chi connectivity index (χ0) is 23.5. The summed E-state index contributed by atoms with van der Waals surface area (Å²) in [5.74, 6) is 0.0889. The van der Waals surface area contributed by atoms with Crippen molar-refractivity contribution in [2.75, 3.05) is 38.7 Å². The first kappa shape index (κ1) is 24.0. The number of nitrogens with one attached hydrogen (secondary N) is 1. The van der Waals surface area contributed by atoms with E-state index in [9.17, 15) is 13.2 Å². The molecule has 1 saturated heterocycles. The Bertz CT molecular complexity index is 1110. The van der Waals surface area contributed by atoms with Crippen LogP contribution in [0, 0.1) is 0 Å². The molecule has 0 radical (unpaired) electrons. The molecule has 0 atom stereocenters. The molecule has 0 spiro atoms. The van der Waals surface area contributed by atoms with Gasteiger partial charge in [0.25, 0.3) is 0 Å². The summed E-state index contributed by atoms with van der Waals surface area (Å²) in [5, 5.41) is 3.58. The molecule has 4 rings (SSSR count). The SMILES string of the molecule is COc1ccc(NC(=O)C2(c3cccc(Cl)c3)CCCCC2)cc1S(=O)(=O)N1CCOCC1. The van der Waals surface area contributed by atoms with Gasteiger partial charge >= 0.3 is 0 Å². The van der Waals surface area contributed by atoms with Crippen LogP contribution in [0.25, 0.3) is 0 Å². The molecule has 0 aromatic heterocycles. The molecule has 0 unspecified atom stereocenters. The number of halogens is 1. The van der Waals surface area contributed by atoms with Crippen molar-refractivity contribution in [3.8, 4) is 5.75 Å². The van der Waals surface area contributed by atoms with E-state index in [0.29, 0.717) is 36.8 Å². The van der Waals surface area contributed by atoms with Crippen LogP contribution in [0.15, 0.2) is 47.4 Å². The molecule has 1 aliphatic carbocycles. The number of carbonyl (C=O) groups is 1.